The number of fused-ring (bicyclic) bond motifs is 2. The summed E-state index contributed by atoms with van der Waals surface area (Å²) in [6.45, 7) is 9.00. The first kappa shape index (κ1) is 23.2. The van der Waals surface area contributed by atoms with Gasteiger partial charge in [-0.2, -0.15) is 4.98 Å². The number of anilines is 2. The van der Waals surface area contributed by atoms with Crippen molar-refractivity contribution in [1.82, 2.24) is 29.6 Å². The molecule has 0 fully saturated rings. The SMILES string of the molecule is COCCn1c(=O)c2cnc(Nc3ccc4c(c3)CCNC4)nc2n1-c1ccnc(C(C)(C)C)c1. The lowest BCUT2D eigenvalue weighted by Crippen LogP contribution is -2.25. The summed E-state index contributed by atoms with van der Waals surface area (Å²) >= 11 is 0. The molecule has 0 bridgehead atoms. The average Bonchev–Trinajstić information content (AvgIpc) is 3.13. The molecule has 0 spiro atoms. The molecule has 0 unspecified atom stereocenters. The summed E-state index contributed by atoms with van der Waals surface area (Å²) < 4.78 is 8.77. The van der Waals surface area contributed by atoms with E-state index < -0.39 is 0 Å². The van der Waals surface area contributed by atoms with Crippen LogP contribution >= 0.6 is 0 Å². The Labute approximate surface area is 204 Å². The van der Waals surface area contributed by atoms with Crippen molar-refractivity contribution in [3.05, 3.63) is 69.9 Å². The molecule has 4 heterocycles. The van der Waals surface area contributed by atoms with E-state index in [2.05, 4.69) is 53.5 Å². The molecular formula is C26H31N7O2. The van der Waals surface area contributed by atoms with Crippen molar-refractivity contribution in [3.63, 3.8) is 0 Å². The second kappa shape index (κ2) is 9.24. The van der Waals surface area contributed by atoms with Crippen molar-refractivity contribution in [3.8, 4) is 5.69 Å². The Balaban J connectivity index is 1.61. The van der Waals surface area contributed by atoms with E-state index in [1.165, 1.54) is 11.1 Å². The summed E-state index contributed by atoms with van der Waals surface area (Å²) in [4.78, 5) is 27.1. The minimum Gasteiger partial charge on any atom is -0.383 e. The topological polar surface area (TPSA) is 98.9 Å². The molecule has 0 amide bonds. The molecule has 0 atom stereocenters. The van der Waals surface area contributed by atoms with Gasteiger partial charge in [0.15, 0.2) is 5.65 Å². The summed E-state index contributed by atoms with van der Waals surface area (Å²) in [7, 11) is 1.62. The molecule has 9 heteroatoms. The third-order valence-electron chi connectivity index (χ3n) is 6.29. The van der Waals surface area contributed by atoms with Crippen LogP contribution in [0.25, 0.3) is 16.7 Å². The molecule has 1 aliphatic rings. The molecule has 1 aliphatic heterocycles. The van der Waals surface area contributed by atoms with Gasteiger partial charge in [-0.1, -0.05) is 26.8 Å². The normalized spacial score (nSPS) is 13.7. The van der Waals surface area contributed by atoms with E-state index in [4.69, 9.17) is 9.72 Å². The highest BCUT2D eigenvalue weighted by Gasteiger charge is 2.21. The monoisotopic (exact) mass is 473 g/mol. The van der Waals surface area contributed by atoms with Crippen molar-refractivity contribution >= 4 is 22.7 Å². The van der Waals surface area contributed by atoms with Crippen molar-refractivity contribution in [2.45, 2.75) is 45.7 Å². The lowest BCUT2D eigenvalue weighted by atomic mass is 9.91. The Kier molecular flexibility index (Phi) is 6.12. The molecule has 4 aromatic rings. The van der Waals surface area contributed by atoms with Crippen molar-refractivity contribution in [2.75, 3.05) is 25.6 Å². The maximum absolute atomic E-state index is 13.3. The second-order valence-corrected chi connectivity index (χ2v) is 9.85. The number of aromatic nitrogens is 5. The first-order valence-corrected chi connectivity index (χ1v) is 11.9. The molecule has 0 aliphatic carbocycles. The zero-order chi connectivity index (χ0) is 24.6. The summed E-state index contributed by atoms with van der Waals surface area (Å²) in [6.07, 6.45) is 4.36. The predicted molar refractivity (Wildman–Crippen MR) is 137 cm³/mol. The van der Waals surface area contributed by atoms with Crippen LogP contribution in [-0.4, -0.2) is 44.6 Å². The van der Waals surface area contributed by atoms with Crippen molar-refractivity contribution in [2.24, 2.45) is 0 Å². The number of ether oxygens (including phenoxy) is 1. The fourth-order valence-corrected chi connectivity index (χ4v) is 4.38. The van der Waals surface area contributed by atoms with Crippen LogP contribution in [0.15, 0.2) is 47.5 Å². The first-order chi connectivity index (χ1) is 16.8. The quantitative estimate of drug-likeness (QED) is 0.443. The fourth-order valence-electron chi connectivity index (χ4n) is 4.38. The van der Waals surface area contributed by atoms with Crippen LogP contribution in [0.3, 0.4) is 0 Å². The highest BCUT2D eigenvalue weighted by atomic mass is 16.5. The van der Waals surface area contributed by atoms with Crippen LogP contribution < -0.4 is 16.2 Å². The molecule has 2 N–H and O–H groups in total. The van der Waals surface area contributed by atoms with Crippen LogP contribution in [-0.2, 0) is 29.7 Å². The van der Waals surface area contributed by atoms with Gasteiger partial charge in [-0.3, -0.25) is 9.78 Å². The van der Waals surface area contributed by atoms with E-state index in [0.717, 1.165) is 36.6 Å². The third kappa shape index (κ3) is 4.56. The van der Waals surface area contributed by atoms with Crippen LogP contribution in [0.2, 0.25) is 0 Å². The maximum atomic E-state index is 13.3. The highest BCUT2D eigenvalue weighted by molar-refractivity contribution is 5.77. The number of nitrogens with zero attached hydrogens (tertiary/aromatic N) is 5. The van der Waals surface area contributed by atoms with Crippen molar-refractivity contribution in [1.29, 1.82) is 0 Å². The molecule has 0 radical (unpaired) electrons. The molecule has 5 rings (SSSR count). The number of hydrogen-bond donors (Lipinski definition) is 2. The van der Waals surface area contributed by atoms with Crippen LogP contribution in [0, 0.1) is 0 Å². The van der Waals surface area contributed by atoms with E-state index in [0.29, 0.717) is 30.1 Å². The van der Waals surface area contributed by atoms with Crippen LogP contribution in [0.5, 0.6) is 0 Å². The van der Waals surface area contributed by atoms with Gasteiger partial charge in [0.1, 0.15) is 5.39 Å². The highest BCUT2D eigenvalue weighted by Crippen LogP contribution is 2.25. The number of benzene rings is 1. The molecule has 3 aromatic heterocycles. The Hall–Kier alpha value is -3.56. The van der Waals surface area contributed by atoms with Gasteiger partial charge >= 0.3 is 0 Å². The molecule has 9 nitrogen and oxygen atoms in total. The van der Waals surface area contributed by atoms with E-state index in [1.807, 2.05) is 22.9 Å². The Bertz CT molecular complexity index is 1430. The number of nitrogens with one attached hydrogen (secondary N) is 2. The Morgan fingerprint density at radius 2 is 2.00 bits per heavy atom. The largest absolute Gasteiger partial charge is 0.383 e. The van der Waals surface area contributed by atoms with Gasteiger partial charge in [0, 0.05) is 42.8 Å². The number of pyridine rings is 1. The van der Waals surface area contributed by atoms with Crippen molar-refractivity contribution < 1.29 is 4.74 Å². The Morgan fingerprint density at radius 1 is 1.14 bits per heavy atom. The smallest absolute Gasteiger partial charge is 0.278 e. The van der Waals surface area contributed by atoms with Gasteiger partial charge < -0.3 is 15.4 Å². The molecule has 182 valence electrons. The summed E-state index contributed by atoms with van der Waals surface area (Å²) in [6, 6.07) is 10.2. The number of methoxy groups -OCH3 is 1. The van der Waals surface area contributed by atoms with Gasteiger partial charge in [-0.05, 0) is 48.4 Å². The standard InChI is InChI=1S/C26H31N7O2/c1-26(2,3)22-14-20(8-10-28-22)33-23-21(24(34)32(33)11-12-35-4)16-29-25(31-23)30-19-6-5-18-15-27-9-7-17(18)13-19/h5-6,8,10,13-14,16,27H,7,9,11-12,15H2,1-4H3,(H,29,30,31). The maximum Gasteiger partial charge on any atom is 0.278 e. The minimum absolute atomic E-state index is 0.139. The van der Waals surface area contributed by atoms with Gasteiger partial charge in [0.25, 0.3) is 5.56 Å². The van der Waals surface area contributed by atoms with E-state index in [9.17, 15) is 4.79 Å². The molecule has 0 saturated heterocycles. The molecule has 1 aromatic carbocycles. The third-order valence-corrected chi connectivity index (χ3v) is 6.29. The number of rotatable bonds is 6. The lowest BCUT2D eigenvalue weighted by Gasteiger charge is -2.19. The zero-order valence-corrected chi connectivity index (χ0v) is 20.6. The van der Waals surface area contributed by atoms with Gasteiger partial charge in [0.2, 0.25) is 5.95 Å². The van der Waals surface area contributed by atoms with Crippen LogP contribution in [0.1, 0.15) is 37.6 Å². The lowest BCUT2D eigenvalue weighted by molar-refractivity contribution is 0.180. The van der Waals surface area contributed by atoms with E-state index in [1.54, 1.807) is 24.2 Å². The first-order valence-electron chi connectivity index (χ1n) is 11.9. The van der Waals surface area contributed by atoms with Gasteiger partial charge in [0.05, 0.1) is 18.8 Å². The van der Waals surface area contributed by atoms with Gasteiger partial charge in [-0.15, -0.1) is 0 Å². The molecule has 35 heavy (non-hydrogen) atoms. The predicted octanol–water partition coefficient (Wildman–Crippen LogP) is 3.31. The number of hydrogen-bond acceptors (Lipinski definition) is 7. The van der Waals surface area contributed by atoms with Gasteiger partial charge in [-0.25, -0.2) is 14.3 Å². The van der Waals surface area contributed by atoms with E-state index in [-0.39, 0.29) is 11.0 Å². The summed E-state index contributed by atoms with van der Waals surface area (Å²) in [5.74, 6) is 0.439. The fraction of sp³-hybridized carbons (Fsp3) is 0.385. The molecule has 0 saturated carbocycles. The summed E-state index contributed by atoms with van der Waals surface area (Å²) in [5.41, 5.74) is 5.56. The second-order valence-electron chi connectivity index (χ2n) is 9.85. The molecular weight excluding hydrogens is 442 g/mol. The zero-order valence-electron chi connectivity index (χ0n) is 20.6. The minimum atomic E-state index is -0.154. The van der Waals surface area contributed by atoms with E-state index >= 15 is 0 Å². The van der Waals surface area contributed by atoms with Crippen LogP contribution in [0.4, 0.5) is 11.6 Å². The summed E-state index contributed by atoms with van der Waals surface area (Å²) in [5, 5.41) is 7.18. The Morgan fingerprint density at radius 3 is 2.80 bits per heavy atom. The average molecular weight is 474 g/mol.